The molecule has 6 heteroatoms. The number of amides is 1. The van der Waals surface area contributed by atoms with Crippen molar-refractivity contribution in [3.05, 3.63) is 17.5 Å². The van der Waals surface area contributed by atoms with Crippen LogP contribution in [0.25, 0.3) is 0 Å². The molecule has 1 fully saturated rings. The molecule has 1 saturated heterocycles. The molecule has 1 unspecified atom stereocenters. The second-order valence-corrected chi connectivity index (χ2v) is 4.46. The first kappa shape index (κ1) is 13.0. The lowest BCUT2D eigenvalue weighted by molar-refractivity contribution is 0.000264. The van der Waals surface area contributed by atoms with Crippen molar-refractivity contribution in [1.29, 1.82) is 0 Å². The summed E-state index contributed by atoms with van der Waals surface area (Å²) in [6, 6.07) is 1.82. The number of carbonyl (C=O) groups excluding carboxylic acids is 1. The zero-order valence-electron chi connectivity index (χ0n) is 10.9. The van der Waals surface area contributed by atoms with E-state index in [2.05, 4.69) is 5.10 Å². The maximum absolute atomic E-state index is 12.5. The number of rotatable bonds is 3. The lowest BCUT2D eigenvalue weighted by atomic mass is 10.2. The Morgan fingerprint density at radius 1 is 1.67 bits per heavy atom. The number of hydrogen-bond donors (Lipinski definition) is 1. The quantitative estimate of drug-likeness (QED) is 0.807. The molecule has 0 aliphatic carbocycles. The van der Waals surface area contributed by atoms with E-state index in [0.717, 1.165) is 12.1 Å². The minimum atomic E-state index is -0.0359. The Kier molecular flexibility index (Phi) is 3.98. The van der Waals surface area contributed by atoms with Gasteiger partial charge in [-0.05, 0) is 12.5 Å². The lowest BCUT2D eigenvalue weighted by Gasteiger charge is -2.34. The van der Waals surface area contributed by atoms with Gasteiger partial charge in [0.25, 0.3) is 5.91 Å². The monoisotopic (exact) mass is 252 g/mol. The largest absolute Gasteiger partial charge is 0.377 e. The number of aromatic nitrogens is 2. The van der Waals surface area contributed by atoms with Crippen LogP contribution in [-0.4, -0.2) is 52.9 Å². The van der Waals surface area contributed by atoms with Crippen molar-refractivity contribution in [2.75, 3.05) is 26.3 Å². The maximum atomic E-state index is 12.5. The van der Waals surface area contributed by atoms with Crippen LogP contribution in [0.2, 0.25) is 0 Å². The highest BCUT2D eigenvalue weighted by atomic mass is 16.5. The van der Waals surface area contributed by atoms with Gasteiger partial charge in [-0.15, -0.1) is 0 Å². The predicted octanol–water partition coefficient (Wildman–Crippen LogP) is -0.218. The minimum Gasteiger partial charge on any atom is -0.377 e. The number of nitrogens with two attached hydrogens (primary N) is 1. The molecule has 0 bridgehead atoms. The first-order valence-corrected chi connectivity index (χ1v) is 6.29. The van der Waals surface area contributed by atoms with Gasteiger partial charge in [0.2, 0.25) is 0 Å². The van der Waals surface area contributed by atoms with Crippen LogP contribution < -0.4 is 5.73 Å². The average molecular weight is 252 g/mol. The number of aryl methyl sites for hydroxylation is 2. The summed E-state index contributed by atoms with van der Waals surface area (Å²) in [4.78, 5) is 14.3. The molecule has 18 heavy (non-hydrogen) atoms. The van der Waals surface area contributed by atoms with Gasteiger partial charge in [-0.25, -0.2) is 0 Å². The Morgan fingerprint density at radius 3 is 3.06 bits per heavy atom. The van der Waals surface area contributed by atoms with Gasteiger partial charge in [0.1, 0.15) is 5.69 Å². The van der Waals surface area contributed by atoms with Crippen molar-refractivity contribution < 1.29 is 9.53 Å². The van der Waals surface area contributed by atoms with Gasteiger partial charge in [0.05, 0.1) is 24.9 Å². The normalized spacial score (nSPS) is 20.2. The third kappa shape index (κ3) is 2.39. The molecule has 1 aromatic heterocycles. The molecule has 6 nitrogen and oxygen atoms in total. The molecule has 0 spiro atoms. The molecular formula is C12H20N4O2. The zero-order chi connectivity index (χ0) is 13.1. The summed E-state index contributed by atoms with van der Waals surface area (Å²) >= 11 is 0. The molecule has 1 aliphatic heterocycles. The van der Waals surface area contributed by atoms with E-state index in [1.807, 2.05) is 13.0 Å². The molecule has 1 atom stereocenters. The number of morpholine rings is 1. The minimum absolute atomic E-state index is 0.0107. The third-order valence-electron chi connectivity index (χ3n) is 3.27. The van der Waals surface area contributed by atoms with Crippen molar-refractivity contribution in [2.24, 2.45) is 12.8 Å². The van der Waals surface area contributed by atoms with E-state index < -0.39 is 0 Å². The molecule has 1 aliphatic rings. The predicted molar refractivity (Wildman–Crippen MR) is 67.3 cm³/mol. The second kappa shape index (κ2) is 5.49. The molecule has 2 N–H and O–H groups in total. The van der Waals surface area contributed by atoms with Gasteiger partial charge in [-0.1, -0.05) is 6.92 Å². The molecule has 0 saturated carbocycles. The van der Waals surface area contributed by atoms with Crippen molar-refractivity contribution in [3.8, 4) is 0 Å². The molecule has 0 radical (unpaired) electrons. The van der Waals surface area contributed by atoms with Crippen LogP contribution in [0.1, 0.15) is 23.1 Å². The smallest absolute Gasteiger partial charge is 0.272 e. The molecule has 0 aromatic carbocycles. The van der Waals surface area contributed by atoms with Crippen molar-refractivity contribution in [1.82, 2.24) is 14.7 Å². The van der Waals surface area contributed by atoms with Crippen LogP contribution >= 0.6 is 0 Å². The highest BCUT2D eigenvalue weighted by molar-refractivity contribution is 5.93. The van der Waals surface area contributed by atoms with E-state index in [9.17, 15) is 4.79 Å². The third-order valence-corrected chi connectivity index (χ3v) is 3.27. The fraction of sp³-hybridized carbons (Fsp3) is 0.667. The molecule has 1 aromatic rings. The fourth-order valence-corrected chi connectivity index (χ4v) is 2.16. The standard InChI is InChI=1S/C12H20N4O2/c1-3-9-6-11(15(2)14-9)12(17)16-4-5-18-8-10(16)7-13/h6,10H,3-5,7-8,13H2,1-2H3. The fourth-order valence-electron chi connectivity index (χ4n) is 2.16. The van der Waals surface area contributed by atoms with Crippen molar-refractivity contribution in [2.45, 2.75) is 19.4 Å². The lowest BCUT2D eigenvalue weighted by Crippen LogP contribution is -2.52. The first-order chi connectivity index (χ1) is 8.67. The Bertz CT molecular complexity index is 430. The van der Waals surface area contributed by atoms with Crippen LogP contribution in [0.4, 0.5) is 0 Å². The Morgan fingerprint density at radius 2 is 2.44 bits per heavy atom. The van der Waals surface area contributed by atoms with Gasteiger partial charge in [-0.3, -0.25) is 9.48 Å². The van der Waals surface area contributed by atoms with E-state index in [1.165, 1.54) is 0 Å². The van der Waals surface area contributed by atoms with Crippen LogP contribution in [-0.2, 0) is 18.2 Å². The highest BCUT2D eigenvalue weighted by Crippen LogP contribution is 2.13. The van der Waals surface area contributed by atoms with E-state index in [4.69, 9.17) is 10.5 Å². The van der Waals surface area contributed by atoms with E-state index in [-0.39, 0.29) is 11.9 Å². The summed E-state index contributed by atoms with van der Waals surface area (Å²) < 4.78 is 6.99. The number of carbonyl (C=O) groups is 1. The van der Waals surface area contributed by atoms with Crippen molar-refractivity contribution >= 4 is 5.91 Å². The Balaban J connectivity index is 2.20. The summed E-state index contributed by atoms with van der Waals surface area (Å²) in [5.74, 6) is -0.0107. The van der Waals surface area contributed by atoms with Gasteiger partial charge >= 0.3 is 0 Å². The van der Waals surface area contributed by atoms with Gasteiger partial charge < -0.3 is 15.4 Å². The number of hydrogen-bond acceptors (Lipinski definition) is 4. The SMILES string of the molecule is CCc1cc(C(=O)N2CCOCC2CN)n(C)n1. The average Bonchev–Trinajstić information content (AvgIpc) is 2.79. The summed E-state index contributed by atoms with van der Waals surface area (Å²) in [7, 11) is 1.80. The zero-order valence-corrected chi connectivity index (χ0v) is 10.9. The highest BCUT2D eigenvalue weighted by Gasteiger charge is 2.28. The van der Waals surface area contributed by atoms with Crippen LogP contribution in [0, 0.1) is 0 Å². The first-order valence-electron chi connectivity index (χ1n) is 6.29. The van der Waals surface area contributed by atoms with E-state index >= 15 is 0 Å². The summed E-state index contributed by atoms with van der Waals surface area (Å²) in [5, 5.41) is 4.30. The van der Waals surface area contributed by atoms with Gasteiger partial charge in [0, 0.05) is 20.1 Å². The van der Waals surface area contributed by atoms with Crippen LogP contribution in [0.5, 0.6) is 0 Å². The topological polar surface area (TPSA) is 73.4 Å². The summed E-state index contributed by atoms with van der Waals surface area (Å²) in [5.41, 5.74) is 7.23. The molecule has 1 amide bonds. The van der Waals surface area contributed by atoms with Gasteiger partial charge in [0.15, 0.2) is 0 Å². The second-order valence-electron chi connectivity index (χ2n) is 4.46. The molecule has 2 heterocycles. The maximum Gasteiger partial charge on any atom is 0.272 e. The Hall–Kier alpha value is -1.40. The van der Waals surface area contributed by atoms with Crippen LogP contribution in [0.15, 0.2) is 6.07 Å². The Labute approximate surface area is 107 Å². The number of ether oxygens (including phenoxy) is 1. The van der Waals surface area contributed by atoms with E-state index in [1.54, 1.807) is 16.6 Å². The van der Waals surface area contributed by atoms with Crippen molar-refractivity contribution in [3.63, 3.8) is 0 Å². The molecular weight excluding hydrogens is 232 g/mol. The summed E-state index contributed by atoms with van der Waals surface area (Å²) in [6.45, 7) is 4.12. The number of nitrogens with zero attached hydrogens (tertiary/aromatic N) is 3. The molecule has 2 rings (SSSR count). The summed E-state index contributed by atoms with van der Waals surface area (Å²) in [6.07, 6.45) is 0.824. The van der Waals surface area contributed by atoms with Gasteiger partial charge in [-0.2, -0.15) is 5.10 Å². The van der Waals surface area contributed by atoms with Crippen LogP contribution in [0.3, 0.4) is 0 Å². The molecule has 100 valence electrons. The van der Waals surface area contributed by atoms with E-state index in [0.29, 0.717) is 32.0 Å².